The second-order valence-electron chi connectivity index (χ2n) is 4.56. The molecule has 0 radical (unpaired) electrons. The quantitative estimate of drug-likeness (QED) is 0.722. The van der Waals surface area contributed by atoms with E-state index in [-0.39, 0.29) is 0 Å². The molecule has 1 aromatic heterocycles. The van der Waals surface area contributed by atoms with Gasteiger partial charge in [0.2, 0.25) is 5.88 Å². The number of ether oxygens (including phenoxy) is 1. The lowest BCUT2D eigenvalue weighted by Gasteiger charge is -2.08. The second-order valence-corrected chi connectivity index (χ2v) is 4.99. The molecular weight excluding hydrogens is 284 g/mol. The molecule has 1 heterocycles. The number of aromatic nitrogens is 1. The fourth-order valence-electron chi connectivity index (χ4n) is 2.10. The summed E-state index contributed by atoms with van der Waals surface area (Å²) in [6, 6.07) is 18.8. The minimum atomic E-state index is 0.358. The minimum absolute atomic E-state index is 0.358. The molecule has 21 heavy (non-hydrogen) atoms. The van der Waals surface area contributed by atoms with Gasteiger partial charge in [0.15, 0.2) is 0 Å². The minimum Gasteiger partial charge on any atom is -0.473 e. The van der Waals surface area contributed by atoms with E-state index in [4.69, 9.17) is 16.3 Å². The molecule has 3 aromatic rings. The van der Waals surface area contributed by atoms with Gasteiger partial charge in [0, 0.05) is 16.5 Å². The summed E-state index contributed by atoms with van der Waals surface area (Å²) in [6.45, 7) is 0.358. The normalized spacial score (nSPS) is 10.3. The van der Waals surface area contributed by atoms with Crippen molar-refractivity contribution in [2.75, 3.05) is 0 Å². The molecule has 0 aliphatic carbocycles. The molecule has 0 amide bonds. The van der Waals surface area contributed by atoms with Crippen LogP contribution >= 0.6 is 11.6 Å². The summed E-state index contributed by atoms with van der Waals surface area (Å²) in [4.78, 5) is 4.42. The lowest BCUT2D eigenvalue weighted by Crippen LogP contribution is -1.98. The van der Waals surface area contributed by atoms with E-state index in [0.717, 1.165) is 16.5 Å². The summed E-state index contributed by atoms with van der Waals surface area (Å²) >= 11 is 5.94. The number of rotatable bonds is 3. The van der Waals surface area contributed by atoms with Crippen LogP contribution in [0.25, 0.3) is 10.9 Å². The standard InChI is InChI=1S/C17H11ClN2O/c18-14-5-3-4-12(8-14)11-21-17-9-13(10-19)15-6-1-2-7-16(15)20-17/h1-9H,11H2. The van der Waals surface area contributed by atoms with E-state index < -0.39 is 0 Å². The van der Waals surface area contributed by atoms with Crippen LogP contribution in [-0.4, -0.2) is 4.98 Å². The fourth-order valence-corrected chi connectivity index (χ4v) is 2.31. The van der Waals surface area contributed by atoms with Crippen LogP contribution in [0.5, 0.6) is 5.88 Å². The molecule has 0 unspecified atom stereocenters. The van der Waals surface area contributed by atoms with Crippen LogP contribution in [0.1, 0.15) is 11.1 Å². The Morgan fingerprint density at radius 2 is 1.95 bits per heavy atom. The molecule has 2 aromatic carbocycles. The summed E-state index contributed by atoms with van der Waals surface area (Å²) in [5.41, 5.74) is 2.26. The number of hydrogen-bond acceptors (Lipinski definition) is 3. The van der Waals surface area contributed by atoms with Gasteiger partial charge >= 0.3 is 0 Å². The van der Waals surface area contributed by atoms with E-state index in [0.29, 0.717) is 23.1 Å². The molecule has 0 fully saturated rings. The topological polar surface area (TPSA) is 45.9 Å². The van der Waals surface area contributed by atoms with Crippen molar-refractivity contribution >= 4 is 22.5 Å². The van der Waals surface area contributed by atoms with E-state index in [2.05, 4.69) is 11.1 Å². The lowest BCUT2D eigenvalue weighted by atomic mass is 10.1. The van der Waals surface area contributed by atoms with Gasteiger partial charge < -0.3 is 4.74 Å². The van der Waals surface area contributed by atoms with E-state index in [1.165, 1.54) is 0 Å². The van der Waals surface area contributed by atoms with E-state index in [9.17, 15) is 5.26 Å². The summed E-state index contributed by atoms with van der Waals surface area (Å²) in [7, 11) is 0. The highest BCUT2D eigenvalue weighted by Gasteiger charge is 2.06. The van der Waals surface area contributed by atoms with E-state index >= 15 is 0 Å². The molecule has 0 saturated heterocycles. The average Bonchev–Trinajstić information content (AvgIpc) is 2.52. The van der Waals surface area contributed by atoms with Gasteiger partial charge in [-0.15, -0.1) is 0 Å². The zero-order valence-electron chi connectivity index (χ0n) is 11.1. The molecule has 0 atom stereocenters. The van der Waals surface area contributed by atoms with Gasteiger partial charge in [-0.3, -0.25) is 0 Å². The second kappa shape index (κ2) is 5.82. The molecule has 0 aliphatic heterocycles. The first-order valence-corrected chi connectivity index (χ1v) is 6.81. The largest absolute Gasteiger partial charge is 0.473 e. The number of halogens is 1. The van der Waals surface area contributed by atoms with Crippen molar-refractivity contribution in [2.24, 2.45) is 0 Å². The van der Waals surface area contributed by atoms with Crippen LogP contribution in [0.15, 0.2) is 54.6 Å². The Morgan fingerprint density at radius 1 is 1.10 bits per heavy atom. The smallest absolute Gasteiger partial charge is 0.215 e. The van der Waals surface area contributed by atoms with Gasteiger partial charge in [-0.25, -0.2) is 4.98 Å². The molecule has 0 spiro atoms. The molecule has 4 heteroatoms. The Labute approximate surface area is 127 Å². The van der Waals surface area contributed by atoms with Gasteiger partial charge in [0.1, 0.15) is 12.7 Å². The van der Waals surface area contributed by atoms with E-state index in [1.54, 1.807) is 6.07 Å². The molecule has 3 nitrogen and oxygen atoms in total. The van der Waals surface area contributed by atoms with Crippen molar-refractivity contribution in [3.05, 3.63) is 70.7 Å². The molecule has 0 bridgehead atoms. The third-order valence-electron chi connectivity index (χ3n) is 3.09. The zero-order valence-corrected chi connectivity index (χ0v) is 11.8. The maximum Gasteiger partial charge on any atom is 0.215 e. The predicted octanol–water partition coefficient (Wildman–Crippen LogP) is 4.34. The molecule has 0 aliphatic rings. The van der Waals surface area contributed by atoms with Crippen LogP contribution in [0.4, 0.5) is 0 Å². The first-order chi connectivity index (χ1) is 10.3. The van der Waals surface area contributed by atoms with Gasteiger partial charge in [-0.1, -0.05) is 41.9 Å². The van der Waals surface area contributed by atoms with Gasteiger partial charge in [0.25, 0.3) is 0 Å². The maximum atomic E-state index is 9.23. The SMILES string of the molecule is N#Cc1cc(OCc2cccc(Cl)c2)nc2ccccc12. The van der Waals surface area contributed by atoms with Crippen molar-refractivity contribution in [1.82, 2.24) is 4.98 Å². The van der Waals surface area contributed by atoms with Gasteiger partial charge in [0.05, 0.1) is 11.1 Å². The summed E-state index contributed by atoms with van der Waals surface area (Å²) in [5.74, 6) is 0.435. The third kappa shape index (κ3) is 2.96. The highest BCUT2D eigenvalue weighted by Crippen LogP contribution is 2.22. The number of para-hydroxylation sites is 1. The Hall–Kier alpha value is -2.57. The van der Waals surface area contributed by atoms with Crippen LogP contribution in [0.2, 0.25) is 5.02 Å². The summed E-state index contributed by atoms with van der Waals surface area (Å²) in [5, 5.41) is 10.7. The number of hydrogen-bond donors (Lipinski definition) is 0. The summed E-state index contributed by atoms with van der Waals surface area (Å²) in [6.07, 6.45) is 0. The molecular formula is C17H11ClN2O. The molecule has 0 saturated carbocycles. The maximum absolute atomic E-state index is 9.23. The summed E-state index contributed by atoms with van der Waals surface area (Å²) < 4.78 is 5.68. The number of pyridine rings is 1. The van der Waals surface area contributed by atoms with Crippen LogP contribution in [0, 0.1) is 11.3 Å². The van der Waals surface area contributed by atoms with Crippen LogP contribution in [-0.2, 0) is 6.61 Å². The Kier molecular flexibility index (Phi) is 3.72. The van der Waals surface area contributed by atoms with Crippen LogP contribution < -0.4 is 4.74 Å². The Balaban J connectivity index is 1.89. The molecule has 3 rings (SSSR count). The Bertz CT molecular complexity index is 840. The monoisotopic (exact) mass is 294 g/mol. The zero-order chi connectivity index (χ0) is 14.7. The molecule has 102 valence electrons. The van der Waals surface area contributed by atoms with Crippen molar-refractivity contribution in [2.45, 2.75) is 6.61 Å². The predicted molar refractivity (Wildman–Crippen MR) is 82.2 cm³/mol. The van der Waals surface area contributed by atoms with Crippen LogP contribution in [0.3, 0.4) is 0 Å². The average molecular weight is 295 g/mol. The number of fused-ring (bicyclic) bond motifs is 1. The van der Waals surface area contributed by atoms with Crippen molar-refractivity contribution in [3.63, 3.8) is 0 Å². The molecule has 0 N–H and O–H groups in total. The first-order valence-electron chi connectivity index (χ1n) is 6.43. The number of benzene rings is 2. The first kappa shape index (κ1) is 13.4. The van der Waals surface area contributed by atoms with Gasteiger partial charge in [-0.2, -0.15) is 5.26 Å². The van der Waals surface area contributed by atoms with Crippen molar-refractivity contribution < 1.29 is 4.74 Å². The van der Waals surface area contributed by atoms with Crippen molar-refractivity contribution in [1.29, 1.82) is 5.26 Å². The lowest BCUT2D eigenvalue weighted by molar-refractivity contribution is 0.295. The fraction of sp³-hybridized carbons (Fsp3) is 0.0588. The van der Waals surface area contributed by atoms with E-state index in [1.807, 2.05) is 48.5 Å². The van der Waals surface area contributed by atoms with Crippen molar-refractivity contribution in [3.8, 4) is 11.9 Å². The van der Waals surface area contributed by atoms with Gasteiger partial charge in [-0.05, 0) is 23.8 Å². The highest BCUT2D eigenvalue weighted by atomic mass is 35.5. The number of nitriles is 1. The highest BCUT2D eigenvalue weighted by molar-refractivity contribution is 6.30. The Morgan fingerprint density at radius 3 is 2.76 bits per heavy atom. The third-order valence-corrected chi connectivity index (χ3v) is 3.32. The number of nitrogens with zero attached hydrogens (tertiary/aromatic N) is 2.